The van der Waals surface area contributed by atoms with Crippen LogP contribution in [0, 0.1) is 0 Å². The first-order valence-electron chi connectivity index (χ1n) is 6.91. The topological polar surface area (TPSA) is 46.1 Å². The Labute approximate surface area is 122 Å². The number of benzene rings is 1. The molecule has 2 aromatic rings. The average molecular weight is 287 g/mol. The first-order valence-corrected chi connectivity index (χ1v) is 7.79. The molecule has 0 saturated carbocycles. The zero-order valence-corrected chi connectivity index (χ0v) is 12.3. The van der Waals surface area contributed by atoms with Crippen LogP contribution in [0.2, 0.25) is 0 Å². The van der Waals surface area contributed by atoms with Crippen molar-refractivity contribution < 1.29 is 4.79 Å². The SMILES string of the molecule is C[C@H](Sc1ncnc2ccccc12)C(=O)N1CCCC1. The summed E-state index contributed by atoms with van der Waals surface area (Å²) in [6.07, 6.45) is 3.82. The van der Waals surface area contributed by atoms with E-state index in [1.54, 1.807) is 6.33 Å². The molecule has 3 rings (SSSR count). The summed E-state index contributed by atoms with van der Waals surface area (Å²) in [5, 5.41) is 1.79. The third-order valence-electron chi connectivity index (χ3n) is 3.56. The zero-order valence-electron chi connectivity index (χ0n) is 11.5. The van der Waals surface area contributed by atoms with E-state index < -0.39 is 0 Å². The molecule has 0 aliphatic carbocycles. The Morgan fingerprint density at radius 2 is 2.00 bits per heavy atom. The lowest BCUT2D eigenvalue weighted by Gasteiger charge is -2.19. The molecule has 4 nitrogen and oxygen atoms in total. The third-order valence-corrected chi connectivity index (χ3v) is 4.66. The summed E-state index contributed by atoms with van der Waals surface area (Å²) in [7, 11) is 0. The summed E-state index contributed by atoms with van der Waals surface area (Å²) in [4.78, 5) is 22.9. The van der Waals surface area contributed by atoms with Crippen LogP contribution in [0.3, 0.4) is 0 Å². The maximum absolute atomic E-state index is 12.3. The Balaban J connectivity index is 1.80. The Morgan fingerprint density at radius 1 is 1.25 bits per heavy atom. The summed E-state index contributed by atoms with van der Waals surface area (Å²) in [6, 6.07) is 7.91. The zero-order chi connectivity index (χ0) is 13.9. The number of amides is 1. The van der Waals surface area contributed by atoms with Crippen LogP contribution in [0.25, 0.3) is 10.9 Å². The molecule has 1 atom stereocenters. The molecule has 1 fully saturated rings. The third kappa shape index (κ3) is 2.63. The molecule has 20 heavy (non-hydrogen) atoms. The van der Waals surface area contributed by atoms with Gasteiger partial charge in [0.25, 0.3) is 0 Å². The highest BCUT2D eigenvalue weighted by atomic mass is 32.2. The minimum atomic E-state index is -0.105. The number of likely N-dealkylation sites (tertiary alicyclic amines) is 1. The minimum Gasteiger partial charge on any atom is -0.342 e. The number of aromatic nitrogens is 2. The summed E-state index contributed by atoms with van der Waals surface area (Å²) < 4.78 is 0. The maximum atomic E-state index is 12.3. The van der Waals surface area contributed by atoms with Gasteiger partial charge < -0.3 is 4.90 Å². The number of rotatable bonds is 3. The van der Waals surface area contributed by atoms with Crippen LogP contribution in [0.1, 0.15) is 19.8 Å². The van der Waals surface area contributed by atoms with E-state index in [9.17, 15) is 4.79 Å². The summed E-state index contributed by atoms with van der Waals surface area (Å²) in [6.45, 7) is 3.75. The highest BCUT2D eigenvalue weighted by Crippen LogP contribution is 2.29. The average Bonchev–Trinajstić information content (AvgIpc) is 3.01. The number of hydrogen-bond acceptors (Lipinski definition) is 4. The van der Waals surface area contributed by atoms with Crippen LogP contribution in [-0.4, -0.2) is 39.1 Å². The van der Waals surface area contributed by atoms with Gasteiger partial charge in [-0.3, -0.25) is 4.79 Å². The Hall–Kier alpha value is -1.62. The van der Waals surface area contributed by atoms with Crippen molar-refractivity contribution in [2.75, 3.05) is 13.1 Å². The van der Waals surface area contributed by atoms with Gasteiger partial charge in [-0.1, -0.05) is 30.0 Å². The van der Waals surface area contributed by atoms with Crippen molar-refractivity contribution >= 4 is 28.6 Å². The number of para-hydroxylation sites is 1. The second kappa shape index (κ2) is 5.79. The van der Waals surface area contributed by atoms with Crippen molar-refractivity contribution in [1.29, 1.82) is 0 Å². The van der Waals surface area contributed by atoms with Crippen LogP contribution >= 0.6 is 11.8 Å². The van der Waals surface area contributed by atoms with Crippen LogP contribution in [0.4, 0.5) is 0 Å². The molecule has 1 aliphatic heterocycles. The monoisotopic (exact) mass is 287 g/mol. The summed E-state index contributed by atoms with van der Waals surface area (Å²) >= 11 is 1.53. The second-order valence-corrected chi connectivity index (χ2v) is 6.32. The molecule has 0 unspecified atom stereocenters. The van der Waals surface area contributed by atoms with E-state index >= 15 is 0 Å². The number of hydrogen-bond donors (Lipinski definition) is 0. The van der Waals surface area contributed by atoms with E-state index in [2.05, 4.69) is 9.97 Å². The van der Waals surface area contributed by atoms with Crippen molar-refractivity contribution in [1.82, 2.24) is 14.9 Å². The summed E-state index contributed by atoms with van der Waals surface area (Å²) in [5.74, 6) is 0.218. The smallest absolute Gasteiger partial charge is 0.235 e. The largest absolute Gasteiger partial charge is 0.342 e. The van der Waals surface area contributed by atoms with Crippen LogP contribution in [0.15, 0.2) is 35.6 Å². The van der Waals surface area contributed by atoms with Gasteiger partial charge in [0.1, 0.15) is 11.4 Å². The van der Waals surface area contributed by atoms with Gasteiger partial charge >= 0.3 is 0 Å². The van der Waals surface area contributed by atoms with Crippen molar-refractivity contribution in [3.8, 4) is 0 Å². The van der Waals surface area contributed by atoms with Crippen LogP contribution in [-0.2, 0) is 4.79 Å². The quantitative estimate of drug-likeness (QED) is 0.643. The number of thioether (sulfide) groups is 1. The maximum Gasteiger partial charge on any atom is 0.235 e. The van der Waals surface area contributed by atoms with Gasteiger partial charge in [0.2, 0.25) is 5.91 Å². The minimum absolute atomic E-state index is 0.105. The first kappa shape index (κ1) is 13.4. The molecule has 0 spiro atoms. The standard InChI is InChI=1S/C15H17N3OS/c1-11(15(19)18-8-4-5-9-18)20-14-12-6-2-3-7-13(12)16-10-17-14/h2-3,6-7,10-11H,4-5,8-9H2,1H3/t11-/m0/s1. The molecule has 1 saturated heterocycles. The highest BCUT2D eigenvalue weighted by molar-refractivity contribution is 8.00. The molecule has 1 aliphatic rings. The van der Waals surface area contributed by atoms with Crippen molar-refractivity contribution in [3.63, 3.8) is 0 Å². The van der Waals surface area contributed by atoms with Gasteiger partial charge in [-0.15, -0.1) is 0 Å². The van der Waals surface area contributed by atoms with E-state index in [4.69, 9.17) is 0 Å². The number of carbonyl (C=O) groups is 1. The van der Waals surface area contributed by atoms with Gasteiger partial charge in [-0.25, -0.2) is 9.97 Å². The fraction of sp³-hybridized carbons (Fsp3) is 0.400. The fourth-order valence-corrected chi connectivity index (χ4v) is 3.48. The van der Waals surface area contributed by atoms with Crippen molar-refractivity contribution in [2.24, 2.45) is 0 Å². The summed E-state index contributed by atoms with van der Waals surface area (Å²) in [5.41, 5.74) is 0.922. The highest BCUT2D eigenvalue weighted by Gasteiger charge is 2.24. The molecular formula is C15H17N3OS. The molecular weight excluding hydrogens is 270 g/mol. The van der Waals surface area contributed by atoms with Crippen molar-refractivity contribution in [3.05, 3.63) is 30.6 Å². The van der Waals surface area contributed by atoms with Gasteiger partial charge in [0.15, 0.2) is 0 Å². The normalized spacial score (nSPS) is 16.6. The van der Waals surface area contributed by atoms with E-state index in [1.165, 1.54) is 11.8 Å². The van der Waals surface area contributed by atoms with Crippen molar-refractivity contribution in [2.45, 2.75) is 30.0 Å². The van der Waals surface area contributed by atoms with E-state index in [0.717, 1.165) is 41.9 Å². The Morgan fingerprint density at radius 3 is 2.80 bits per heavy atom. The Bertz CT molecular complexity index is 620. The lowest BCUT2D eigenvalue weighted by molar-refractivity contribution is -0.129. The molecule has 1 amide bonds. The van der Waals surface area contributed by atoms with E-state index in [0.29, 0.717) is 0 Å². The van der Waals surface area contributed by atoms with E-state index in [-0.39, 0.29) is 11.2 Å². The molecule has 0 bridgehead atoms. The molecule has 0 radical (unpaired) electrons. The second-order valence-electron chi connectivity index (χ2n) is 4.99. The lowest BCUT2D eigenvalue weighted by Crippen LogP contribution is -2.34. The Kier molecular flexibility index (Phi) is 3.87. The fourth-order valence-electron chi connectivity index (χ4n) is 2.49. The first-order chi connectivity index (χ1) is 9.75. The number of fused-ring (bicyclic) bond motifs is 1. The molecule has 5 heteroatoms. The van der Waals surface area contributed by atoms with Gasteiger partial charge in [-0.2, -0.15) is 0 Å². The molecule has 1 aromatic carbocycles. The molecule has 104 valence electrons. The van der Waals surface area contributed by atoms with Gasteiger partial charge in [0, 0.05) is 18.5 Å². The molecule has 1 aromatic heterocycles. The van der Waals surface area contributed by atoms with Gasteiger partial charge in [0.05, 0.1) is 10.8 Å². The molecule has 0 N–H and O–H groups in total. The predicted octanol–water partition coefficient (Wildman–Crippen LogP) is 2.73. The number of carbonyl (C=O) groups excluding carboxylic acids is 1. The lowest BCUT2D eigenvalue weighted by atomic mass is 10.2. The predicted molar refractivity (Wildman–Crippen MR) is 80.7 cm³/mol. The van der Waals surface area contributed by atoms with Crippen LogP contribution < -0.4 is 0 Å². The van der Waals surface area contributed by atoms with Crippen LogP contribution in [0.5, 0.6) is 0 Å². The van der Waals surface area contributed by atoms with Gasteiger partial charge in [-0.05, 0) is 25.8 Å². The van der Waals surface area contributed by atoms with E-state index in [1.807, 2.05) is 36.1 Å². The molecule has 2 heterocycles. The number of nitrogens with zero attached hydrogens (tertiary/aromatic N) is 3.